The van der Waals surface area contributed by atoms with Gasteiger partial charge in [0, 0.05) is 6.04 Å². The molecule has 0 radical (unpaired) electrons. The average molecular weight is 495 g/mol. The maximum Gasteiger partial charge on any atom is 0.471 e. The fourth-order valence-electron chi connectivity index (χ4n) is 3.32. The van der Waals surface area contributed by atoms with Crippen LogP contribution in [-0.4, -0.2) is 71.4 Å². The molecule has 13 heteroatoms. The molecular formula is C16H48B2N2O4Si5. The van der Waals surface area contributed by atoms with Crippen molar-refractivity contribution in [1.82, 2.24) is 10.5 Å². The minimum Gasteiger partial charge on any atom is -0.437 e. The van der Waals surface area contributed by atoms with Crippen LogP contribution in [0.25, 0.3) is 0 Å². The predicted octanol–water partition coefficient (Wildman–Crippen LogP) is 2.62. The molecular weight excluding hydrogens is 446 g/mol. The average Bonchev–Trinajstić information content (AvgIpc) is 2.41. The molecule has 0 amide bonds. The highest BCUT2D eigenvalue weighted by Gasteiger charge is 2.53. The van der Waals surface area contributed by atoms with Gasteiger partial charge in [-0.2, -0.15) is 0 Å². The minimum atomic E-state index is -2.88. The molecule has 0 saturated heterocycles. The van der Waals surface area contributed by atoms with E-state index >= 15 is 0 Å². The van der Waals surface area contributed by atoms with E-state index in [9.17, 15) is 0 Å². The summed E-state index contributed by atoms with van der Waals surface area (Å²) < 4.78 is 27.6. The van der Waals surface area contributed by atoms with Gasteiger partial charge in [-0.15, -0.1) is 0 Å². The lowest BCUT2D eigenvalue weighted by atomic mass is 10.4. The first-order valence-corrected chi connectivity index (χ1v) is 25.7. The molecule has 1 atom stereocenters. The first-order chi connectivity index (χ1) is 12.9. The third kappa shape index (κ3) is 15.4. The molecule has 0 spiro atoms. The molecule has 1 unspecified atom stereocenters. The van der Waals surface area contributed by atoms with Crippen molar-refractivity contribution in [2.75, 3.05) is 13.1 Å². The van der Waals surface area contributed by atoms with Crippen LogP contribution < -0.4 is 10.5 Å². The van der Waals surface area contributed by atoms with Crippen LogP contribution in [-0.2, 0) is 16.5 Å². The second-order valence-corrected chi connectivity index (χ2v) is 31.6. The molecule has 0 fully saturated rings. The van der Waals surface area contributed by atoms with E-state index in [4.69, 9.17) is 16.5 Å². The normalized spacial score (nSPS) is 16.1. The maximum atomic E-state index is 7.11. The fraction of sp³-hybridized carbons (Fsp3) is 1.00. The molecule has 0 aromatic carbocycles. The molecule has 0 saturated carbocycles. The molecule has 172 valence electrons. The molecule has 0 aromatic rings. The van der Waals surface area contributed by atoms with Crippen molar-refractivity contribution in [2.24, 2.45) is 0 Å². The summed E-state index contributed by atoms with van der Waals surface area (Å²) in [4.78, 5) is 0. The van der Waals surface area contributed by atoms with E-state index in [1.807, 2.05) is 16.0 Å². The molecule has 0 aliphatic rings. The van der Waals surface area contributed by atoms with Crippen LogP contribution in [0.1, 0.15) is 12.8 Å². The van der Waals surface area contributed by atoms with E-state index < -0.39 is 42.3 Å². The van der Waals surface area contributed by atoms with Crippen molar-refractivity contribution in [3.8, 4) is 0 Å². The Morgan fingerprint density at radius 3 is 1.28 bits per heavy atom. The second-order valence-electron chi connectivity index (χ2n) is 11.0. The minimum absolute atomic E-state index is 0.853. The summed E-state index contributed by atoms with van der Waals surface area (Å²) in [7, 11) is -6.85. The lowest BCUT2D eigenvalue weighted by Gasteiger charge is -2.45. The van der Waals surface area contributed by atoms with Gasteiger partial charge in [0.1, 0.15) is 0 Å². The van der Waals surface area contributed by atoms with E-state index in [1.54, 1.807) is 0 Å². The number of hydrogen-bond donors (Lipinski definition) is 2. The Bertz CT molecular complexity index is 460. The maximum absolute atomic E-state index is 7.11. The highest BCUT2D eigenvalue weighted by atomic mass is 28.5. The summed E-state index contributed by atoms with van der Waals surface area (Å²) in [6, 6.07) is 1.81. The standard InChI is InChI=1S/C16H48B2N2O4Si5/c1-25(2,3)21-28(10,15-11-13-19-17)24-29(16-12-14-20-18,22-26(4,5)6)23-27(7,8)9/h19-20H,11-18H2,1-10H3. The zero-order valence-corrected chi connectivity index (χ0v) is 26.4. The number of nitrogens with one attached hydrogen (secondary N) is 2. The molecule has 29 heavy (non-hydrogen) atoms. The first kappa shape index (κ1) is 30.0. The van der Waals surface area contributed by atoms with E-state index in [1.165, 1.54) is 0 Å². The Kier molecular flexibility index (Phi) is 12.7. The van der Waals surface area contributed by atoms with Crippen molar-refractivity contribution in [3.05, 3.63) is 0 Å². The first-order valence-electron chi connectivity index (χ1n) is 11.0. The van der Waals surface area contributed by atoms with Crippen molar-refractivity contribution in [1.29, 1.82) is 0 Å². The largest absolute Gasteiger partial charge is 0.471 e. The van der Waals surface area contributed by atoms with Gasteiger partial charge in [-0.1, -0.05) is 0 Å². The molecule has 0 heterocycles. The predicted molar refractivity (Wildman–Crippen MR) is 144 cm³/mol. The lowest BCUT2D eigenvalue weighted by Crippen LogP contribution is -2.63. The van der Waals surface area contributed by atoms with Gasteiger partial charge in [-0.3, -0.25) is 0 Å². The van der Waals surface area contributed by atoms with Gasteiger partial charge in [-0.05, 0) is 97.4 Å². The van der Waals surface area contributed by atoms with Crippen molar-refractivity contribution in [3.63, 3.8) is 0 Å². The molecule has 0 rings (SSSR count). The highest BCUT2D eigenvalue weighted by Crippen LogP contribution is 2.33. The van der Waals surface area contributed by atoms with E-state index in [-0.39, 0.29) is 0 Å². The Morgan fingerprint density at radius 1 is 0.552 bits per heavy atom. The van der Waals surface area contributed by atoms with E-state index in [2.05, 4.69) is 75.9 Å². The fourth-order valence-corrected chi connectivity index (χ4v) is 24.2. The molecule has 0 aromatic heterocycles. The van der Waals surface area contributed by atoms with Crippen molar-refractivity contribution in [2.45, 2.75) is 90.4 Å². The van der Waals surface area contributed by atoms with Gasteiger partial charge in [-0.25, -0.2) is 0 Å². The zero-order chi connectivity index (χ0) is 23.0. The van der Waals surface area contributed by atoms with Crippen LogP contribution in [0.15, 0.2) is 0 Å². The van der Waals surface area contributed by atoms with Crippen LogP contribution in [0.4, 0.5) is 0 Å². The van der Waals surface area contributed by atoms with Crippen LogP contribution in [0.2, 0.25) is 77.6 Å². The van der Waals surface area contributed by atoms with Crippen LogP contribution in [0.5, 0.6) is 0 Å². The SMILES string of the molecule is BNCCC[Si](C)(O[Si](C)(C)C)O[Si](CCCNB)(O[Si](C)(C)C)O[Si](C)(C)C. The summed E-state index contributed by atoms with van der Waals surface area (Å²) in [5.74, 6) is 0. The monoisotopic (exact) mass is 494 g/mol. The van der Waals surface area contributed by atoms with E-state index in [0.717, 1.165) is 38.0 Å². The van der Waals surface area contributed by atoms with E-state index in [0.29, 0.717) is 0 Å². The third-order valence-corrected chi connectivity index (χ3v) is 20.5. The van der Waals surface area contributed by atoms with Gasteiger partial charge in [0.15, 0.2) is 40.9 Å². The van der Waals surface area contributed by atoms with Crippen LogP contribution in [0, 0.1) is 0 Å². The lowest BCUT2D eigenvalue weighted by molar-refractivity contribution is 0.222. The summed E-state index contributed by atoms with van der Waals surface area (Å²) >= 11 is 0. The number of rotatable bonds is 16. The van der Waals surface area contributed by atoms with Gasteiger partial charge < -0.3 is 26.9 Å². The van der Waals surface area contributed by atoms with Gasteiger partial charge >= 0.3 is 17.4 Å². The van der Waals surface area contributed by atoms with Gasteiger partial charge in [0.05, 0.1) is 0 Å². The Balaban J connectivity index is 6.01. The topological polar surface area (TPSA) is 61.0 Å². The molecule has 0 aliphatic heterocycles. The summed E-state index contributed by atoms with van der Waals surface area (Å²) in [6.07, 6.45) is 2.04. The van der Waals surface area contributed by atoms with Crippen molar-refractivity contribution < 1.29 is 16.5 Å². The van der Waals surface area contributed by atoms with Gasteiger partial charge in [0.2, 0.25) is 0 Å². The smallest absolute Gasteiger partial charge is 0.437 e. The highest BCUT2D eigenvalue weighted by molar-refractivity contribution is 6.91. The van der Waals surface area contributed by atoms with Crippen molar-refractivity contribution >= 4 is 58.3 Å². The summed E-state index contributed by atoms with van der Waals surface area (Å²) in [5, 5.41) is 6.53. The summed E-state index contributed by atoms with van der Waals surface area (Å²) in [6.45, 7) is 24.3. The van der Waals surface area contributed by atoms with Crippen LogP contribution >= 0.6 is 0 Å². The number of hydrogen-bond acceptors (Lipinski definition) is 6. The Morgan fingerprint density at radius 2 is 0.931 bits per heavy atom. The van der Waals surface area contributed by atoms with Gasteiger partial charge in [0.25, 0.3) is 0 Å². The quantitative estimate of drug-likeness (QED) is 0.254. The second kappa shape index (κ2) is 12.3. The summed E-state index contributed by atoms with van der Waals surface area (Å²) in [5.41, 5.74) is 0. The van der Waals surface area contributed by atoms with Crippen LogP contribution in [0.3, 0.4) is 0 Å². The third-order valence-electron chi connectivity index (χ3n) is 3.78. The molecule has 0 bridgehead atoms. The molecule has 2 N–H and O–H groups in total. The Hall–Kier alpha value is 0.974. The Labute approximate surface area is 188 Å². The molecule has 0 aliphatic carbocycles. The zero-order valence-electron chi connectivity index (χ0n) is 21.4. The molecule has 6 nitrogen and oxygen atoms in total.